The van der Waals surface area contributed by atoms with Gasteiger partial charge in [-0.1, -0.05) is 30.0 Å². The molecule has 140 valence electrons. The van der Waals surface area contributed by atoms with Gasteiger partial charge in [-0.15, -0.1) is 0 Å². The fraction of sp³-hybridized carbons (Fsp3) is 0.217. The maximum absolute atomic E-state index is 12.2. The molecule has 2 aromatic carbocycles. The molecule has 1 aliphatic heterocycles. The van der Waals surface area contributed by atoms with Crippen LogP contribution in [0.25, 0.3) is 10.9 Å². The molecule has 2 heterocycles. The molecule has 28 heavy (non-hydrogen) atoms. The Bertz CT molecular complexity index is 1040. The highest BCUT2D eigenvalue weighted by Crippen LogP contribution is 2.21. The number of carbonyl (C=O) groups excluding carboxylic acids is 2. The van der Waals surface area contributed by atoms with Crippen molar-refractivity contribution in [1.82, 2.24) is 10.3 Å². The lowest BCUT2D eigenvalue weighted by atomic mass is 10.1. The Morgan fingerprint density at radius 1 is 1.11 bits per heavy atom. The lowest BCUT2D eigenvalue weighted by molar-refractivity contribution is -0.119. The molecule has 1 saturated heterocycles. The van der Waals surface area contributed by atoms with Crippen molar-refractivity contribution in [2.24, 2.45) is 0 Å². The van der Waals surface area contributed by atoms with E-state index in [2.05, 4.69) is 22.1 Å². The minimum absolute atomic E-state index is 0.176. The van der Waals surface area contributed by atoms with E-state index < -0.39 is 0 Å². The molecule has 1 aromatic heterocycles. The molecule has 3 aromatic rings. The SMILES string of the molecule is O=C(NCC#Cc1ccc(N2CCCCC2=O)cc1)c1cc2ccccc2[nH]1. The second-order valence-corrected chi connectivity index (χ2v) is 6.80. The lowest BCUT2D eigenvalue weighted by Gasteiger charge is -2.26. The number of fused-ring (bicyclic) bond motifs is 1. The van der Waals surface area contributed by atoms with E-state index >= 15 is 0 Å². The van der Waals surface area contributed by atoms with E-state index in [0.29, 0.717) is 12.1 Å². The van der Waals surface area contributed by atoms with Crippen molar-refractivity contribution in [1.29, 1.82) is 0 Å². The summed E-state index contributed by atoms with van der Waals surface area (Å²) in [5, 5.41) is 3.81. The molecule has 0 spiro atoms. The lowest BCUT2D eigenvalue weighted by Crippen LogP contribution is -2.35. The zero-order chi connectivity index (χ0) is 19.3. The molecule has 0 unspecified atom stereocenters. The zero-order valence-corrected chi connectivity index (χ0v) is 15.5. The van der Waals surface area contributed by atoms with E-state index in [-0.39, 0.29) is 18.4 Å². The van der Waals surface area contributed by atoms with Gasteiger partial charge in [-0.25, -0.2) is 0 Å². The summed E-state index contributed by atoms with van der Waals surface area (Å²) in [5.41, 5.74) is 3.24. The quantitative estimate of drug-likeness (QED) is 0.693. The van der Waals surface area contributed by atoms with E-state index in [1.807, 2.05) is 59.5 Å². The van der Waals surface area contributed by atoms with Gasteiger partial charge in [0.1, 0.15) is 5.69 Å². The Morgan fingerprint density at radius 2 is 1.93 bits per heavy atom. The maximum atomic E-state index is 12.2. The van der Waals surface area contributed by atoms with Gasteiger partial charge in [-0.05, 0) is 49.2 Å². The number of hydrogen-bond donors (Lipinski definition) is 2. The minimum Gasteiger partial charge on any atom is -0.351 e. The van der Waals surface area contributed by atoms with E-state index in [4.69, 9.17) is 0 Å². The summed E-state index contributed by atoms with van der Waals surface area (Å²) in [6.07, 6.45) is 2.64. The molecular formula is C23H21N3O2. The number of H-pyrrole nitrogens is 1. The van der Waals surface area contributed by atoms with Crippen LogP contribution in [0.3, 0.4) is 0 Å². The Hall–Kier alpha value is -3.52. The van der Waals surface area contributed by atoms with Crippen LogP contribution in [-0.4, -0.2) is 29.9 Å². The van der Waals surface area contributed by atoms with Gasteiger partial charge >= 0.3 is 0 Å². The average Bonchev–Trinajstić information content (AvgIpc) is 3.16. The van der Waals surface area contributed by atoms with Crippen LogP contribution in [0.4, 0.5) is 5.69 Å². The standard InChI is InChI=1S/C23H21N3O2/c27-22-9-3-4-15-26(22)19-12-10-17(11-13-19)6-5-14-24-23(28)21-16-18-7-1-2-8-20(18)25-21/h1-2,7-8,10-13,16,25H,3-4,9,14-15H2,(H,24,28). The van der Waals surface area contributed by atoms with Crippen LogP contribution in [0.2, 0.25) is 0 Å². The highest BCUT2D eigenvalue weighted by molar-refractivity contribution is 5.98. The average molecular weight is 371 g/mol. The van der Waals surface area contributed by atoms with Crippen molar-refractivity contribution in [2.75, 3.05) is 18.0 Å². The van der Waals surface area contributed by atoms with Crippen molar-refractivity contribution in [3.63, 3.8) is 0 Å². The number of nitrogens with one attached hydrogen (secondary N) is 2. The van der Waals surface area contributed by atoms with Crippen LogP contribution in [0.15, 0.2) is 54.6 Å². The number of carbonyl (C=O) groups is 2. The van der Waals surface area contributed by atoms with Crippen LogP contribution >= 0.6 is 0 Å². The first-order chi connectivity index (χ1) is 13.7. The molecule has 2 N–H and O–H groups in total. The molecule has 4 rings (SSSR count). The largest absolute Gasteiger partial charge is 0.351 e. The normalized spacial score (nSPS) is 13.9. The first-order valence-electron chi connectivity index (χ1n) is 9.46. The molecule has 0 radical (unpaired) electrons. The van der Waals surface area contributed by atoms with E-state index in [9.17, 15) is 9.59 Å². The predicted molar refractivity (Wildman–Crippen MR) is 110 cm³/mol. The topological polar surface area (TPSA) is 65.2 Å². The van der Waals surface area contributed by atoms with E-state index in [1.165, 1.54) is 0 Å². The second kappa shape index (κ2) is 8.01. The van der Waals surface area contributed by atoms with E-state index in [1.54, 1.807) is 0 Å². The number of amides is 2. The molecule has 0 saturated carbocycles. The van der Waals surface area contributed by atoms with Gasteiger partial charge < -0.3 is 15.2 Å². The van der Waals surface area contributed by atoms with Crippen molar-refractivity contribution >= 4 is 28.4 Å². The van der Waals surface area contributed by atoms with Gasteiger partial charge in [0.25, 0.3) is 5.91 Å². The van der Waals surface area contributed by atoms with E-state index in [0.717, 1.165) is 41.5 Å². The molecule has 0 bridgehead atoms. The maximum Gasteiger partial charge on any atom is 0.268 e. The monoisotopic (exact) mass is 371 g/mol. The number of aromatic nitrogens is 1. The smallest absolute Gasteiger partial charge is 0.268 e. The Labute approximate surface area is 163 Å². The second-order valence-electron chi connectivity index (χ2n) is 6.80. The van der Waals surface area contributed by atoms with Crippen molar-refractivity contribution < 1.29 is 9.59 Å². The molecule has 5 heteroatoms. The number of piperidine rings is 1. The van der Waals surface area contributed by atoms with Gasteiger partial charge in [-0.3, -0.25) is 9.59 Å². The number of nitrogens with zero attached hydrogens (tertiary/aromatic N) is 1. The predicted octanol–water partition coefficient (Wildman–Crippen LogP) is 3.47. The highest BCUT2D eigenvalue weighted by Gasteiger charge is 2.19. The molecule has 0 aliphatic carbocycles. The summed E-state index contributed by atoms with van der Waals surface area (Å²) >= 11 is 0. The van der Waals surface area contributed by atoms with Gasteiger partial charge in [0.05, 0.1) is 6.54 Å². The summed E-state index contributed by atoms with van der Waals surface area (Å²) in [6.45, 7) is 1.05. The van der Waals surface area contributed by atoms with Gasteiger partial charge in [-0.2, -0.15) is 0 Å². The molecule has 1 fully saturated rings. The first kappa shape index (κ1) is 17.9. The van der Waals surface area contributed by atoms with Crippen LogP contribution in [0.5, 0.6) is 0 Å². The summed E-state index contributed by atoms with van der Waals surface area (Å²) < 4.78 is 0. The van der Waals surface area contributed by atoms with Crippen molar-refractivity contribution in [3.8, 4) is 11.8 Å². The van der Waals surface area contributed by atoms with Crippen molar-refractivity contribution in [2.45, 2.75) is 19.3 Å². The van der Waals surface area contributed by atoms with Crippen LogP contribution in [-0.2, 0) is 4.79 Å². The fourth-order valence-electron chi connectivity index (χ4n) is 3.37. The third-order valence-electron chi connectivity index (χ3n) is 4.85. The number of aromatic amines is 1. The Balaban J connectivity index is 1.34. The zero-order valence-electron chi connectivity index (χ0n) is 15.5. The summed E-state index contributed by atoms with van der Waals surface area (Å²) in [7, 11) is 0. The fourth-order valence-corrected chi connectivity index (χ4v) is 3.37. The Morgan fingerprint density at radius 3 is 2.71 bits per heavy atom. The summed E-state index contributed by atoms with van der Waals surface area (Å²) in [6, 6.07) is 17.3. The number of anilines is 1. The summed E-state index contributed by atoms with van der Waals surface area (Å²) in [5.74, 6) is 6.02. The molecule has 1 aliphatic rings. The van der Waals surface area contributed by atoms with Gasteiger partial charge in [0.2, 0.25) is 5.91 Å². The number of para-hydroxylation sites is 1. The van der Waals surface area contributed by atoms with Crippen LogP contribution in [0.1, 0.15) is 35.3 Å². The van der Waals surface area contributed by atoms with Gasteiger partial charge in [0.15, 0.2) is 0 Å². The van der Waals surface area contributed by atoms with Crippen LogP contribution < -0.4 is 10.2 Å². The molecule has 2 amide bonds. The molecule has 0 atom stereocenters. The highest BCUT2D eigenvalue weighted by atomic mass is 16.2. The summed E-state index contributed by atoms with van der Waals surface area (Å²) in [4.78, 5) is 29.1. The number of benzene rings is 2. The van der Waals surface area contributed by atoms with Crippen LogP contribution in [0, 0.1) is 11.8 Å². The minimum atomic E-state index is -0.176. The van der Waals surface area contributed by atoms with Crippen molar-refractivity contribution in [3.05, 3.63) is 65.9 Å². The first-order valence-corrected chi connectivity index (χ1v) is 9.46. The molecule has 5 nitrogen and oxygen atoms in total. The number of hydrogen-bond acceptors (Lipinski definition) is 2. The Kier molecular flexibility index (Phi) is 5.11. The van der Waals surface area contributed by atoms with Gasteiger partial charge in [0, 0.05) is 35.1 Å². The third kappa shape index (κ3) is 3.91. The third-order valence-corrected chi connectivity index (χ3v) is 4.85. The number of rotatable bonds is 3. The molecular weight excluding hydrogens is 350 g/mol.